The molecule has 0 atom stereocenters. The first-order valence-corrected chi connectivity index (χ1v) is 11.8. The zero-order valence-corrected chi connectivity index (χ0v) is 21.8. The first-order valence-electron chi connectivity index (χ1n) is 11.8. The Bertz CT molecular complexity index is 1280. The first-order chi connectivity index (χ1) is 19.1. The van der Waals surface area contributed by atoms with Gasteiger partial charge in [0.15, 0.2) is 0 Å². The highest BCUT2D eigenvalue weighted by molar-refractivity contribution is 5.95. The topological polar surface area (TPSA) is 124 Å². The van der Waals surface area contributed by atoms with E-state index in [0.29, 0.717) is 11.5 Å². The Balaban J connectivity index is 1.47. The number of carbonyl (C=O) groups is 4. The van der Waals surface area contributed by atoms with Crippen molar-refractivity contribution in [2.24, 2.45) is 0 Å². The number of ether oxygens (including phenoxy) is 6. The van der Waals surface area contributed by atoms with E-state index < -0.39 is 23.9 Å². The molecule has 206 valence electrons. The third-order valence-electron chi connectivity index (χ3n) is 4.95. The van der Waals surface area contributed by atoms with Gasteiger partial charge in [-0.2, -0.15) is 0 Å². The number of carbonyl (C=O) groups excluding carboxylic acids is 4. The highest BCUT2D eigenvalue weighted by Crippen LogP contribution is 2.21. The van der Waals surface area contributed by atoms with Crippen LogP contribution in [0.15, 0.2) is 97.1 Å². The predicted molar refractivity (Wildman–Crippen MR) is 142 cm³/mol. The number of hydrogen-bond donors (Lipinski definition) is 0. The molecule has 0 amide bonds. The maximum absolute atomic E-state index is 12.5. The Labute approximate surface area is 230 Å². The van der Waals surface area contributed by atoms with E-state index in [1.165, 1.54) is 62.4 Å². The SMILES string of the molecule is C=C(C)C(=O)OCOc1ccc(OC(=O)c2ccc(C(=O)Oc3ccc(OCOC(=O)C(=C)C)cc3)cc2)cc1. The van der Waals surface area contributed by atoms with E-state index in [9.17, 15) is 19.2 Å². The average molecular weight is 547 g/mol. The van der Waals surface area contributed by atoms with Gasteiger partial charge in [-0.25, -0.2) is 19.2 Å². The summed E-state index contributed by atoms with van der Waals surface area (Å²) in [6.07, 6.45) is 0. The van der Waals surface area contributed by atoms with Crippen molar-refractivity contribution >= 4 is 23.9 Å². The fraction of sp³-hybridized carbons (Fsp3) is 0.133. The van der Waals surface area contributed by atoms with Crippen LogP contribution in [0.4, 0.5) is 0 Å². The van der Waals surface area contributed by atoms with Gasteiger partial charge in [0, 0.05) is 11.1 Å². The van der Waals surface area contributed by atoms with Crippen LogP contribution in [0.5, 0.6) is 23.0 Å². The Morgan fingerprint density at radius 2 is 0.825 bits per heavy atom. The first kappa shape index (κ1) is 29.2. The standard InChI is InChI=1S/C30H26O10/c1-19(2)27(31)37-17-35-23-9-13-25(14-10-23)39-29(33)21-5-7-22(8-6-21)30(34)40-26-15-11-24(12-16-26)36-18-38-28(32)20(3)4/h5-16H,1,3,17-18H2,2,4H3. The van der Waals surface area contributed by atoms with Gasteiger partial charge in [-0.3, -0.25) is 0 Å². The molecule has 0 aliphatic heterocycles. The summed E-state index contributed by atoms with van der Waals surface area (Å²) in [6.45, 7) is 9.43. The molecule has 0 aliphatic rings. The van der Waals surface area contributed by atoms with Crippen molar-refractivity contribution in [3.8, 4) is 23.0 Å². The van der Waals surface area contributed by atoms with Gasteiger partial charge in [0.25, 0.3) is 0 Å². The highest BCUT2D eigenvalue weighted by atomic mass is 16.7. The van der Waals surface area contributed by atoms with Crippen LogP contribution in [-0.2, 0) is 19.1 Å². The molecule has 3 aromatic carbocycles. The molecule has 0 unspecified atom stereocenters. The van der Waals surface area contributed by atoms with E-state index in [1.807, 2.05) is 0 Å². The smallest absolute Gasteiger partial charge is 0.343 e. The molecule has 0 radical (unpaired) electrons. The molecular formula is C30H26O10. The Morgan fingerprint density at radius 3 is 1.12 bits per heavy atom. The summed E-state index contributed by atoms with van der Waals surface area (Å²) in [7, 11) is 0. The minimum absolute atomic E-state index is 0.220. The molecule has 0 heterocycles. The summed E-state index contributed by atoms with van der Waals surface area (Å²) in [4.78, 5) is 47.7. The van der Waals surface area contributed by atoms with Gasteiger partial charge in [0.2, 0.25) is 13.6 Å². The van der Waals surface area contributed by atoms with Crippen LogP contribution < -0.4 is 18.9 Å². The number of benzene rings is 3. The monoisotopic (exact) mass is 546 g/mol. The third kappa shape index (κ3) is 8.88. The number of hydrogen-bond acceptors (Lipinski definition) is 10. The molecule has 0 saturated heterocycles. The molecule has 0 spiro atoms. The fourth-order valence-corrected chi connectivity index (χ4v) is 2.83. The lowest BCUT2D eigenvalue weighted by Crippen LogP contribution is -2.12. The van der Waals surface area contributed by atoms with Crippen LogP contribution in [0.1, 0.15) is 34.6 Å². The minimum atomic E-state index is -0.631. The van der Waals surface area contributed by atoms with Crippen LogP contribution >= 0.6 is 0 Å². The summed E-state index contributed by atoms with van der Waals surface area (Å²) in [5.41, 5.74) is 0.958. The molecule has 0 saturated carbocycles. The quantitative estimate of drug-likeness (QED) is 0.132. The maximum atomic E-state index is 12.5. The van der Waals surface area contributed by atoms with Gasteiger partial charge in [-0.05, 0) is 86.6 Å². The van der Waals surface area contributed by atoms with Gasteiger partial charge in [-0.15, -0.1) is 0 Å². The second-order valence-corrected chi connectivity index (χ2v) is 8.25. The molecule has 0 fully saturated rings. The average Bonchev–Trinajstić information content (AvgIpc) is 2.94. The normalized spacial score (nSPS) is 10.1. The van der Waals surface area contributed by atoms with E-state index >= 15 is 0 Å². The van der Waals surface area contributed by atoms with Crippen molar-refractivity contribution < 1.29 is 47.6 Å². The molecule has 0 bridgehead atoms. The summed E-state index contributed by atoms with van der Waals surface area (Å²) in [5.74, 6) is -1.05. The molecule has 10 nitrogen and oxygen atoms in total. The summed E-state index contributed by atoms with van der Waals surface area (Å²) in [6, 6.07) is 18.0. The van der Waals surface area contributed by atoms with Gasteiger partial charge < -0.3 is 28.4 Å². The maximum Gasteiger partial charge on any atom is 0.343 e. The minimum Gasteiger partial charge on any atom is -0.457 e. The van der Waals surface area contributed by atoms with Crippen molar-refractivity contribution in [3.63, 3.8) is 0 Å². The van der Waals surface area contributed by atoms with Crippen LogP contribution in [0.2, 0.25) is 0 Å². The molecule has 3 rings (SSSR count). The third-order valence-corrected chi connectivity index (χ3v) is 4.95. The molecule has 10 heteroatoms. The lowest BCUT2D eigenvalue weighted by Gasteiger charge is -2.09. The largest absolute Gasteiger partial charge is 0.457 e. The highest BCUT2D eigenvalue weighted by Gasteiger charge is 2.13. The molecule has 0 aromatic heterocycles. The zero-order valence-electron chi connectivity index (χ0n) is 21.8. The van der Waals surface area contributed by atoms with E-state index in [2.05, 4.69) is 13.2 Å². The zero-order chi connectivity index (χ0) is 29.1. The molecular weight excluding hydrogens is 520 g/mol. The van der Waals surface area contributed by atoms with Crippen LogP contribution in [-0.4, -0.2) is 37.5 Å². The van der Waals surface area contributed by atoms with Gasteiger partial charge in [0.05, 0.1) is 11.1 Å². The second kappa shape index (κ2) is 14.0. The van der Waals surface area contributed by atoms with Gasteiger partial charge >= 0.3 is 23.9 Å². The molecule has 40 heavy (non-hydrogen) atoms. The van der Waals surface area contributed by atoms with Crippen molar-refractivity contribution in [2.75, 3.05) is 13.6 Å². The van der Waals surface area contributed by atoms with E-state index in [4.69, 9.17) is 28.4 Å². The fourth-order valence-electron chi connectivity index (χ4n) is 2.83. The van der Waals surface area contributed by atoms with Crippen LogP contribution in [0.25, 0.3) is 0 Å². The Kier molecular flexibility index (Phi) is 10.2. The van der Waals surface area contributed by atoms with E-state index in [0.717, 1.165) is 0 Å². The van der Waals surface area contributed by atoms with Crippen molar-refractivity contribution in [2.45, 2.75) is 13.8 Å². The van der Waals surface area contributed by atoms with Gasteiger partial charge in [0.1, 0.15) is 23.0 Å². The number of rotatable bonds is 12. The molecule has 0 aliphatic carbocycles. The summed E-state index contributed by atoms with van der Waals surface area (Å²) >= 11 is 0. The summed E-state index contributed by atoms with van der Waals surface area (Å²) in [5, 5.41) is 0. The molecule has 3 aromatic rings. The van der Waals surface area contributed by atoms with Crippen molar-refractivity contribution in [1.82, 2.24) is 0 Å². The lowest BCUT2D eigenvalue weighted by molar-refractivity contribution is -0.146. The van der Waals surface area contributed by atoms with Gasteiger partial charge in [-0.1, -0.05) is 13.2 Å². The Morgan fingerprint density at radius 1 is 0.525 bits per heavy atom. The van der Waals surface area contributed by atoms with Crippen molar-refractivity contribution in [1.29, 1.82) is 0 Å². The van der Waals surface area contributed by atoms with Crippen molar-refractivity contribution in [3.05, 3.63) is 108 Å². The summed E-state index contributed by atoms with van der Waals surface area (Å²) < 4.78 is 31.0. The second-order valence-electron chi connectivity index (χ2n) is 8.25. The molecule has 0 N–H and O–H groups in total. The van der Waals surface area contributed by atoms with Crippen LogP contribution in [0.3, 0.4) is 0 Å². The van der Waals surface area contributed by atoms with Crippen LogP contribution in [0, 0.1) is 0 Å². The van der Waals surface area contributed by atoms with E-state index in [1.54, 1.807) is 24.3 Å². The number of esters is 4. The predicted octanol–water partition coefficient (Wildman–Crippen LogP) is 5.04. The van der Waals surface area contributed by atoms with E-state index in [-0.39, 0.29) is 47.4 Å². The Hall–Kier alpha value is -5.38. The lowest BCUT2D eigenvalue weighted by atomic mass is 10.1.